The summed E-state index contributed by atoms with van der Waals surface area (Å²) in [7, 11) is -2.17. The summed E-state index contributed by atoms with van der Waals surface area (Å²) in [5, 5.41) is 2.78. The van der Waals surface area contributed by atoms with Gasteiger partial charge in [0.1, 0.15) is 0 Å². The van der Waals surface area contributed by atoms with Crippen molar-refractivity contribution in [3.63, 3.8) is 0 Å². The molecule has 0 fully saturated rings. The average molecular weight is 332 g/mol. The Bertz CT molecular complexity index is 773. The van der Waals surface area contributed by atoms with Crippen molar-refractivity contribution < 1.29 is 13.2 Å². The summed E-state index contributed by atoms with van der Waals surface area (Å²) in [6, 6.07) is 14.8. The number of sulfonamides is 1. The van der Waals surface area contributed by atoms with Crippen LogP contribution in [0.5, 0.6) is 0 Å². The quantitative estimate of drug-likeness (QED) is 0.884. The molecule has 0 saturated carbocycles. The summed E-state index contributed by atoms with van der Waals surface area (Å²) in [6.07, 6.45) is 0.841. The van der Waals surface area contributed by atoms with Crippen molar-refractivity contribution >= 4 is 21.6 Å². The maximum atomic E-state index is 12.6. The summed E-state index contributed by atoms with van der Waals surface area (Å²) in [5.74, 6) is -0.209. The molecule has 6 heteroatoms. The van der Waals surface area contributed by atoms with Crippen molar-refractivity contribution in [1.29, 1.82) is 0 Å². The zero-order valence-electron chi connectivity index (χ0n) is 13.2. The minimum atomic E-state index is -3.65. The van der Waals surface area contributed by atoms with Crippen molar-refractivity contribution in [2.24, 2.45) is 0 Å². The molecule has 1 amide bonds. The normalized spacial score (nSPS) is 11.0. The first-order chi connectivity index (χ1) is 11.0. The van der Waals surface area contributed by atoms with E-state index in [1.165, 1.54) is 11.4 Å². The van der Waals surface area contributed by atoms with E-state index in [-0.39, 0.29) is 10.8 Å². The van der Waals surface area contributed by atoms with E-state index in [1.54, 1.807) is 54.6 Å². The van der Waals surface area contributed by atoms with Gasteiger partial charge >= 0.3 is 0 Å². The standard InChI is InChI=1S/C17H20N2O3S/c1-3-12-18-17(20)14-8-7-9-15(13-14)19(2)23(21,22)16-10-5-4-6-11-16/h4-11,13H,3,12H2,1-2H3,(H,18,20). The van der Waals surface area contributed by atoms with Crippen LogP contribution in [0.1, 0.15) is 23.7 Å². The van der Waals surface area contributed by atoms with Crippen LogP contribution in [0, 0.1) is 0 Å². The zero-order valence-corrected chi connectivity index (χ0v) is 14.0. The number of nitrogens with one attached hydrogen (secondary N) is 1. The van der Waals surface area contributed by atoms with Crippen LogP contribution in [-0.2, 0) is 10.0 Å². The van der Waals surface area contributed by atoms with Crippen molar-refractivity contribution in [2.75, 3.05) is 17.9 Å². The first-order valence-electron chi connectivity index (χ1n) is 7.39. The molecule has 0 spiro atoms. The minimum Gasteiger partial charge on any atom is -0.352 e. The molecule has 0 heterocycles. The third-order valence-corrected chi connectivity index (χ3v) is 5.21. The third-order valence-electron chi connectivity index (χ3n) is 3.41. The van der Waals surface area contributed by atoms with Crippen LogP contribution in [0.3, 0.4) is 0 Å². The number of hydrogen-bond donors (Lipinski definition) is 1. The molecule has 122 valence electrons. The number of rotatable bonds is 6. The molecule has 2 aromatic rings. The van der Waals surface area contributed by atoms with Gasteiger partial charge in [0.05, 0.1) is 10.6 Å². The lowest BCUT2D eigenvalue weighted by Gasteiger charge is -2.20. The lowest BCUT2D eigenvalue weighted by atomic mass is 10.2. The van der Waals surface area contributed by atoms with Gasteiger partial charge in [-0.15, -0.1) is 0 Å². The van der Waals surface area contributed by atoms with Gasteiger partial charge in [-0.2, -0.15) is 0 Å². The molecular formula is C17H20N2O3S. The monoisotopic (exact) mass is 332 g/mol. The van der Waals surface area contributed by atoms with Crippen LogP contribution in [0.25, 0.3) is 0 Å². The smallest absolute Gasteiger partial charge is 0.264 e. The van der Waals surface area contributed by atoms with Crippen LogP contribution in [0.15, 0.2) is 59.5 Å². The van der Waals surface area contributed by atoms with E-state index in [4.69, 9.17) is 0 Å². The predicted octanol–water partition coefficient (Wildman–Crippen LogP) is 2.65. The Morgan fingerprint density at radius 1 is 1.09 bits per heavy atom. The Labute approximate surface area is 137 Å². The summed E-state index contributed by atoms with van der Waals surface area (Å²) in [6.45, 7) is 2.55. The molecule has 1 N–H and O–H groups in total. The maximum Gasteiger partial charge on any atom is 0.264 e. The molecule has 0 aliphatic rings. The van der Waals surface area contributed by atoms with Gasteiger partial charge in [0.15, 0.2) is 0 Å². The molecule has 5 nitrogen and oxygen atoms in total. The molecule has 2 rings (SSSR count). The van der Waals surface area contributed by atoms with E-state index >= 15 is 0 Å². The number of nitrogens with zero attached hydrogens (tertiary/aromatic N) is 1. The zero-order chi connectivity index (χ0) is 16.9. The molecule has 0 saturated heterocycles. The number of amides is 1. The summed E-state index contributed by atoms with van der Waals surface area (Å²) < 4.78 is 26.4. The van der Waals surface area contributed by atoms with Gasteiger partial charge in [-0.05, 0) is 36.8 Å². The van der Waals surface area contributed by atoms with Gasteiger partial charge < -0.3 is 5.32 Å². The third kappa shape index (κ3) is 3.90. The second-order valence-corrected chi connectivity index (χ2v) is 7.06. The number of carbonyl (C=O) groups is 1. The van der Waals surface area contributed by atoms with Crippen LogP contribution < -0.4 is 9.62 Å². The second-order valence-electron chi connectivity index (χ2n) is 5.09. The SMILES string of the molecule is CCCNC(=O)c1cccc(N(C)S(=O)(=O)c2ccccc2)c1. The van der Waals surface area contributed by atoms with Crippen molar-refractivity contribution in [3.8, 4) is 0 Å². The van der Waals surface area contributed by atoms with Crippen LogP contribution >= 0.6 is 0 Å². The minimum absolute atomic E-state index is 0.209. The van der Waals surface area contributed by atoms with Gasteiger partial charge in [-0.3, -0.25) is 9.10 Å². The van der Waals surface area contributed by atoms with Gasteiger partial charge in [0.25, 0.3) is 15.9 Å². The highest BCUT2D eigenvalue weighted by atomic mass is 32.2. The molecule has 0 bridgehead atoms. The van der Waals surface area contributed by atoms with E-state index in [2.05, 4.69) is 5.32 Å². The van der Waals surface area contributed by atoms with E-state index in [0.717, 1.165) is 6.42 Å². The summed E-state index contributed by atoms with van der Waals surface area (Å²) in [5.41, 5.74) is 0.879. The Hall–Kier alpha value is -2.34. The molecule has 0 aromatic heterocycles. The van der Waals surface area contributed by atoms with Crippen molar-refractivity contribution in [2.45, 2.75) is 18.2 Å². The number of anilines is 1. The molecule has 0 aliphatic heterocycles. The fourth-order valence-electron chi connectivity index (χ4n) is 2.07. The number of hydrogen-bond acceptors (Lipinski definition) is 3. The first-order valence-corrected chi connectivity index (χ1v) is 8.83. The van der Waals surface area contributed by atoms with Gasteiger partial charge in [0.2, 0.25) is 0 Å². The van der Waals surface area contributed by atoms with E-state index < -0.39 is 10.0 Å². The Morgan fingerprint density at radius 3 is 2.43 bits per heavy atom. The lowest BCUT2D eigenvalue weighted by Crippen LogP contribution is -2.27. The molecule has 0 aliphatic carbocycles. The highest BCUT2D eigenvalue weighted by Gasteiger charge is 2.21. The molecule has 0 radical (unpaired) electrons. The predicted molar refractivity (Wildman–Crippen MR) is 91.1 cm³/mol. The van der Waals surface area contributed by atoms with Crippen molar-refractivity contribution in [1.82, 2.24) is 5.32 Å². The van der Waals surface area contributed by atoms with Gasteiger partial charge in [0, 0.05) is 19.2 Å². The lowest BCUT2D eigenvalue weighted by molar-refractivity contribution is 0.0953. The van der Waals surface area contributed by atoms with Gasteiger partial charge in [-0.25, -0.2) is 8.42 Å². The van der Waals surface area contributed by atoms with Crippen LogP contribution in [-0.4, -0.2) is 27.9 Å². The number of benzene rings is 2. The summed E-state index contributed by atoms with van der Waals surface area (Å²) in [4.78, 5) is 12.2. The Kier molecular flexibility index (Phi) is 5.39. The Balaban J connectivity index is 2.30. The first kappa shape index (κ1) is 17.0. The van der Waals surface area contributed by atoms with E-state index in [9.17, 15) is 13.2 Å². The van der Waals surface area contributed by atoms with E-state index in [0.29, 0.717) is 17.8 Å². The topological polar surface area (TPSA) is 66.5 Å². The van der Waals surface area contributed by atoms with Gasteiger partial charge in [-0.1, -0.05) is 31.2 Å². The van der Waals surface area contributed by atoms with Crippen LogP contribution in [0.4, 0.5) is 5.69 Å². The molecule has 23 heavy (non-hydrogen) atoms. The highest BCUT2D eigenvalue weighted by molar-refractivity contribution is 7.92. The largest absolute Gasteiger partial charge is 0.352 e. The average Bonchev–Trinajstić information content (AvgIpc) is 2.59. The maximum absolute atomic E-state index is 12.6. The molecule has 0 unspecified atom stereocenters. The fourth-order valence-corrected chi connectivity index (χ4v) is 3.28. The number of carbonyl (C=O) groups excluding carboxylic acids is 1. The van der Waals surface area contributed by atoms with Crippen molar-refractivity contribution in [3.05, 3.63) is 60.2 Å². The molecule has 2 aromatic carbocycles. The second kappa shape index (κ2) is 7.28. The fraction of sp³-hybridized carbons (Fsp3) is 0.235. The Morgan fingerprint density at radius 2 is 1.78 bits per heavy atom. The summed E-state index contributed by atoms with van der Waals surface area (Å²) >= 11 is 0. The molecule has 0 atom stereocenters. The van der Waals surface area contributed by atoms with E-state index in [1.807, 2.05) is 6.92 Å². The highest BCUT2D eigenvalue weighted by Crippen LogP contribution is 2.22. The van der Waals surface area contributed by atoms with Crippen LogP contribution in [0.2, 0.25) is 0 Å². The molecular weight excluding hydrogens is 312 g/mol.